The van der Waals surface area contributed by atoms with Crippen molar-refractivity contribution in [2.24, 2.45) is 5.73 Å². The Morgan fingerprint density at radius 3 is 2.42 bits per heavy atom. The van der Waals surface area contributed by atoms with Gasteiger partial charge in [0.15, 0.2) is 5.02 Å². The Bertz CT molecular complexity index is 860. The fraction of sp³-hybridized carbons (Fsp3) is 0.500. The zero-order chi connectivity index (χ0) is 23.2. The van der Waals surface area contributed by atoms with E-state index in [0.29, 0.717) is 32.7 Å². The molecule has 0 radical (unpaired) electrons. The van der Waals surface area contributed by atoms with Gasteiger partial charge in [0, 0.05) is 44.4 Å². The predicted octanol–water partition coefficient (Wildman–Crippen LogP) is 2.83. The smallest absolute Gasteiger partial charge is 0.410 e. The Hall–Kier alpha value is -2.85. The number of hydrogen-bond acceptors (Lipinski definition) is 7. The van der Waals surface area contributed by atoms with Crippen molar-refractivity contribution in [3.63, 3.8) is 0 Å². The lowest BCUT2D eigenvalue weighted by molar-refractivity contribution is -0.384. The minimum absolute atomic E-state index is 0.0142. The number of ether oxygens (including phenoxy) is 2. The first-order valence-corrected chi connectivity index (χ1v) is 10.1. The molecule has 31 heavy (non-hydrogen) atoms. The molecular formula is C20H27ClN4O6. The minimum atomic E-state index is -0.814. The van der Waals surface area contributed by atoms with Crippen molar-refractivity contribution in [2.75, 3.05) is 39.3 Å². The molecule has 0 spiro atoms. The first-order chi connectivity index (χ1) is 14.5. The number of rotatable bonds is 7. The summed E-state index contributed by atoms with van der Waals surface area (Å²) in [7, 11) is 0. The van der Waals surface area contributed by atoms with Gasteiger partial charge in [-0.2, -0.15) is 0 Å². The highest BCUT2D eigenvalue weighted by molar-refractivity contribution is 6.34. The van der Waals surface area contributed by atoms with E-state index in [-0.39, 0.29) is 29.0 Å². The van der Waals surface area contributed by atoms with Gasteiger partial charge in [-0.05, 0) is 26.8 Å². The van der Waals surface area contributed by atoms with E-state index in [0.717, 1.165) is 6.07 Å². The highest BCUT2D eigenvalue weighted by atomic mass is 35.5. The molecule has 1 aliphatic rings. The molecule has 1 saturated heterocycles. The molecule has 0 bridgehead atoms. The molecule has 170 valence electrons. The number of carbonyl (C=O) groups excluding carboxylic acids is 2. The summed E-state index contributed by atoms with van der Waals surface area (Å²) in [5.41, 5.74) is 4.19. The molecule has 1 heterocycles. The van der Waals surface area contributed by atoms with Gasteiger partial charge in [0.05, 0.1) is 4.92 Å². The van der Waals surface area contributed by atoms with Crippen LogP contribution < -0.4 is 10.5 Å². The SMILES string of the molecule is CC(C)(C)OC(=O)N1CCN(C/C=C/COc2cc(C(N)=O)cc([N+](=O)[O-])c2Cl)CC1. The van der Waals surface area contributed by atoms with E-state index in [2.05, 4.69) is 4.90 Å². The Labute approximate surface area is 185 Å². The second-order valence-electron chi connectivity index (χ2n) is 7.98. The molecule has 1 fully saturated rings. The van der Waals surface area contributed by atoms with Crippen LogP contribution in [-0.4, -0.2) is 71.7 Å². The molecular weight excluding hydrogens is 428 g/mol. The molecule has 2 N–H and O–H groups in total. The Morgan fingerprint density at radius 1 is 1.23 bits per heavy atom. The lowest BCUT2D eigenvalue weighted by Crippen LogP contribution is -2.49. The Morgan fingerprint density at radius 2 is 1.87 bits per heavy atom. The molecule has 2 amide bonds. The van der Waals surface area contributed by atoms with E-state index in [1.165, 1.54) is 6.07 Å². The summed E-state index contributed by atoms with van der Waals surface area (Å²) < 4.78 is 10.9. The van der Waals surface area contributed by atoms with E-state index < -0.39 is 22.1 Å². The molecule has 0 aliphatic carbocycles. The van der Waals surface area contributed by atoms with Crippen LogP contribution >= 0.6 is 11.6 Å². The standard InChI is InChI=1S/C20H27ClN4O6/c1-20(2,3)31-19(27)24-9-7-23(8-10-24)6-4-5-11-30-16-13-14(18(22)26)12-15(17(16)21)25(28)29/h4-5,12-13H,6-11H2,1-3H3,(H2,22,26)/b5-4+. The third-order valence-corrected chi connectivity index (χ3v) is 4.77. The van der Waals surface area contributed by atoms with Crippen molar-refractivity contribution >= 4 is 29.3 Å². The number of primary amides is 1. The van der Waals surface area contributed by atoms with Crippen LogP contribution in [0.3, 0.4) is 0 Å². The first kappa shape index (κ1) is 24.4. The number of piperazine rings is 1. The summed E-state index contributed by atoms with van der Waals surface area (Å²) in [6.07, 6.45) is 3.34. The van der Waals surface area contributed by atoms with Crippen LogP contribution in [0.4, 0.5) is 10.5 Å². The van der Waals surface area contributed by atoms with Gasteiger partial charge in [0.2, 0.25) is 5.91 Å². The number of nitro groups is 1. The van der Waals surface area contributed by atoms with Crippen LogP contribution in [0.2, 0.25) is 5.02 Å². The first-order valence-electron chi connectivity index (χ1n) is 9.73. The Kier molecular flexibility index (Phi) is 8.23. The number of amides is 2. The zero-order valence-electron chi connectivity index (χ0n) is 17.8. The molecule has 1 aromatic rings. The zero-order valence-corrected chi connectivity index (χ0v) is 18.6. The molecule has 2 rings (SSSR count). The monoisotopic (exact) mass is 454 g/mol. The normalized spacial score (nSPS) is 15.2. The van der Waals surface area contributed by atoms with Crippen LogP contribution in [0.1, 0.15) is 31.1 Å². The number of nitrogens with two attached hydrogens (primary N) is 1. The van der Waals surface area contributed by atoms with Gasteiger partial charge in [-0.1, -0.05) is 23.8 Å². The summed E-state index contributed by atoms with van der Waals surface area (Å²) in [4.78, 5) is 37.7. The summed E-state index contributed by atoms with van der Waals surface area (Å²) in [5, 5.41) is 10.9. The van der Waals surface area contributed by atoms with Crippen molar-refractivity contribution in [1.82, 2.24) is 9.80 Å². The van der Waals surface area contributed by atoms with Gasteiger partial charge >= 0.3 is 6.09 Å². The van der Waals surface area contributed by atoms with Crippen LogP contribution in [-0.2, 0) is 4.74 Å². The van der Waals surface area contributed by atoms with E-state index in [9.17, 15) is 19.7 Å². The van der Waals surface area contributed by atoms with Gasteiger partial charge in [-0.25, -0.2) is 4.79 Å². The number of benzene rings is 1. The van der Waals surface area contributed by atoms with E-state index in [1.54, 1.807) is 11.0 Å². The van der Waals surface area contributed by atoms with Crippen molar-refractivity contribution < 1.29 is 24.0 Å². The number of nitrogens with zero attached hydrogens (tertiary/aromatic N) is 3. The Balaban J connectivity index is 1.83. The summed E-state index contributed by atoms with van der Waals surface area (Å²) in [6, 6.07) is 2.30. The molecule has 0 unspecified atom stereocenters. The van der Waals surface area contributed by atoms with Crippen LogP contribution in [0, 0.1) is 10.1 Å². The molecule has 1 aliphatic heterocycles. The number of nitro benzene ring substituents is 1. The maximum atomic E-state index is 12.1. The van der Waals surface area contributed by atoms with Crippen molar-refractivity contribution in [3.8, 4) is 5.75 Å². The highest BCUT2D eigenvalue weighted by Gasteiger charge is 2.25. The molecule has 10 nitrogen and oxygen atoms in total. The summed E-state index contributed by atoms with van der Waals surface area (Å²) >= 11 is 6.00. The molecule has 0 atom stereocenters. The number of halogens is 1. The van der Waals surface area contributed by atoms with Crippen molar-refractivity contribution in [1.29, 1.82) is 0 Å². The van der Waals surface area contributed by atoms with Crippen molar-refractivity contribution in [3.05, 3.63) is 45.0 Å². The second kappa shape index (κ2) is 10.5. The van der Waals surface area contributed by atoms with Gasteiger partial charge < -0.3 is 20.1 Å². The molecule has 11 heteroatoms. The fourth-order valence-corrected chi connectivity index (χ4v) is 3.06. The topological polar surface area (TPSA) is 128 Å². The van der Waals surface area contributed by atoms with Gasteiger partial charge in [0.1, 0.15) is 18.0 Å². The van der Waals surface area contributed by atoms with Gasteiger partial charge in [0.25, 0.3) is 5.69 Å². The van der Waals surface area contributed by atoms with E-state index in [1.807, 2.05) is 26.8 Å². The second-order valence-corrected chi connectivity index (χ2v) is 8.36. The lowest BCUT2D eigenvalue weighted by Gasteiger charge is -2.35. The average molecular weight is 455 g/mol. The fourth-order valence-electron chi connectivity index (χ4n) is 2.83. The quantitative estimate of drug-likeness (QED) is 0.381. The van der Waals surface area contributed by atoms with Crippen LogP contribution in [0.15, 0.2) is 24.3 Å². The molecule has 0 aromatic heterocycles. The number of carbonyl (C=O) groups is 2. The third-order valence-electron chi connectivity index (χ3n) is 4.39. The van der Waals surface area contributed by atoms with Crippen molar-refractivity contribution in [2.45, 2.75) is 26.4 Å². The number of hydrogen-bond donors (Lipinski definition) is 1. The van der Waals surface area contributed by atoms with Crippen LogP contribution in [0.5, 0.6) is 5.75 Å². The maximum Gasteiger partial charge on any atom is 0.410 e. The van der Waals surface area contributed by atoms with Crippen LogP contribution in [0.25, 0.3) is 0 Å². The minimum Gasteiger partial charge on any atom is -0.488 e. The van der Waals surface area contributed by atoms with E-state index >= 15 is 0 Å². The van der Waals surface area contributed by atoms with Gasteiger partial charge in [-0.3, -0.25) is 19.8 Å². The largest absolute Gasteiger partial charge is 0.488 e. The van der Waals surface area contributed by atoms with Gasteiger partial charge in [-0.15, -0.1) is 0 Å². The lowest BCUT2D eigenvalue weighted by atomic mass is 10.2. The average Bonchev–Trinajstić information content (AvgIpc) is 2.67. The highest BCUT2D eigenvalue weighted by Crippen LogP contribution is 2.35. The predicted molar refractivity (Wildman–Crippen MR) is 116 cm³/mol. The summed E-state index contributed by atoms with van der Waals surface area (Å²) in [6.45, 7) is 8.86. The molecule has 0 saturated carbocycles. The third kappa shape index (κ3) is 7.41. The summed E-state index contributed by atoms with van der Waals surface area (Å²) in [5.74, 6) is -0.800. The molecule has 1 aromatic carbocycles. The van der Waals surface area contributed by atoms with E-state index in [4.69, 9.17) is 26.8 Å². The maximum absolute atomic E-state index is 12.1.